The number of para-hydroxylation sites is 1. The number of benzene rings is 2. The van der Waals surface area contributed by atoms with Crippen LogP contribution in [0.25, 0.3) is 23.4 Å². The van der Waals surface area contributed by atoms with Crippen LogP contribution in [0.1, 0.15) is 23.7 Å². The highest BCUT2D eigenvalue weighted by molar-refractivity contribution is 8.00. The van der Waals surface area contributed by atoms with E-state index in [1.165, 1.54) is 10.6 Å². The highest BCUT2D eigenvalue weighted by atomic mass is 32.2. The topological polar surface area (TPSA) is 92.4 Å². The van der Waals surface area contributed by atoms with Gasteiger partial charge in [0.2, 0.25) is 5.88 Å². The predicted octanol–water partition coefficient (Wildman–Crippen LogP) is 4.28. The number of ketones is 1. The van der Waals surface area contributed by atoms with Gasteiger partial charge in [0.1, 0.15) is 10.9 Å². The Labute approximate surface area is 177 Å². The van der Waals surface area contributed by atoms with Crippen LogP contribution in [0.5, 0.6) is 5.88 Å². The standard InChI is InChI=1S/C23H18N2O4S/c1-14(22(28)29)30-23-24-19(21(27)25(23)16-8-3-2-4-9-16)13-18-17-10-6-5-7-15(17)11-12-20(18)26/h2-14,27H,1H3,(H,28,29)/b18-13+. The summed E-state index contributed by atoms with van der Waals surface area (Å²) in [4.78, 5) is 28.4. The van der Waals surface area contributed by atoms with Crippen molar-refractivity contribution in [3.05, 3.63) is 77.5 Å². The molecule has 0 radical (unpaired) electrons. The lowest BCUT2D eigenvalue weighted by Crippen LogP contribution is -2.12. The van der Waals surface area contributed by atoms with Crippen LogP contribution in [0.15, 0.2) is 65.8 Å². The maximum Gasteiger partial charge on any atom is 0.316 e. The van der Waals surface area contributed by atoms with Gasteiger partial charge in [-0.2, -0.15) is 0 Å². The summed E-state index contributed by atoms with van der Waals surface area (Å²) in [5, 5.41) is 19.8. The zero-order valence-corrected chi connectivity index (χ0v) is 16.8. The fourth-order valence-corrected chi connectivity index (χ4v) is 4.03. The zero-order chi connectivity index (χ0) is 21.3. The molecule has 0 aliphatic heterocycles. The number of aromatic hydroxyl groups is 1. The molecule has 2 N–H and O–H groups in total. The Kier molecular flexibility index (Phi) is 5.29. The molecule has 1 aliphatic rings. The van der Waals surface area contributed by atoms with E-state index in [0.29, 0.717) is 16.4 Å². The lowest BCUT2D eigenvalue weighted by Gasteiger charge is -2.12. The van der Waals surface area contributed by atoms with Gasteiger partial charge in [0.25, 0.3) is 0 Å². The van der Waals surface area contributed by atoms with Crippen molar-refractivity contribution in [2.24, 2.45) is 0 Å². The van der Waals surface area contributed by atoms with Crippen LogP contribution in [0.2, 0.25) is 0 Å². The number of carboxylic acid groups (broad SMARTS) is 1. The number of fused-ring (bicyclic) bond motifs is 1. The molecule has 1 aromatic heterocycles. The lowest BCUT2D eigenvalue weighted by molar-refractivity contribution is -0.136. The molecule has 1 aliphatic carbocycles. The minimum atomic E-state index is -0.983. The number of aromatic nitrogens is 2. The largest absolute Gasteiger partial charge is 0.493 e. The van der Waals surface area contributed by atoms with Crippen LogP contribution >= 0.6 is 11.8 Å². The average molecular weight is 418 g/mol. The first-order valence-electron chi connectivity index (χ1n) is 9.26. The van der Waals surface area contributed by atoms with Crippen LogP contribution < -0.4 is 0 Å². The number of carbonyl (C=O) groups is 2. The highest BCUT2D eigenvalue weighted by Gasteiger charge is 2.24. The van der Waals surface area contributed by atoms with Crippen molar-refractivity contribution >= 4 is 41.2 Å². The molecular weight excluding hydrogens is 400 g/mol. The SMILES string of the molecule is CC(Sc1nc(/C=C2/C(=O)C=Cc3ccccc32)c(O)n1-c1ccccc1)C(=O)O. The highest BCUT2D eigenvalue weighted by Crippen LogP contribution is 2.35. The third-order valence-corrected chi connectivity index (χ3v) is 5.74. The molecule has 6 nitrogen and oxygen atoms in total. The Morgan fingerprint density at radius 1 is 1.10 bits per heavy atom. The van der Waals surface area contributed by atoms with E-state index >= 15 is 0 Å². The zero-order valence-electron chi connectivity index (χ0n) is 16.0. The van der Waals surface area contributed by atoms with Crippen LogP contribution in [0.3, 0.4) is 0 Å². The molecule has 0 saturated heterocycles. The quantitative estimate of drug-likeness (QED) is 0.475. The molecular formula is C23H18N2O4S. The Morgan fingerprint density at radius 3 is 2.53 bits per heavy atom. The van der Waals surface area contributed by atoms with E-state index in [4.69, 9.17) is 0 Å². The van der Waals surface area contributed by atoms with Gasteiger partial charge in [-0.25, -0.2) is 4.98 Å². The van der Waals surface area contributed by atoms with Gasteiger partial charge < -0.3 is 10.2 Å². The molecule has 0 bridgehead atoms. The van der Waals surface area contributed by atoms with Crippen molar-refractivity contribution in [1.29, 1.82) is 0 Å². The first-order chi connectivity index (χ1) is 14.5. The monoisotopic (exact) mass is 418 g/mol. The van der Waals surface area contributed by atoms with Gasteiger partial charge in [-0.05, 0) is 42.3 Å². The summed E-state index contributed by atoms with van der Waals surface area (Å²) in [6.07, 6.45) is 4.80. The van der Waals surface area contributed by atoms with Crippen molar-refractivity contribution in [3.8, 4) is 11.6 Å². The molecule has 0 amide bonds. The van der Waals surface area contributed by atoms with Crippen LogP contribution in [-0.4, -0.2) is 36.8 Å². The summed E-state index contributed by atoms with van der Waals surface area (Å²) in [6.45, 7) is 1.55. The molecule has 1 unspecified atom stereocenters. The summed E-state index contributed by atoms with van der Waals surface area (Å²) in [6, 6.07) is 16.5. The van der Waals surface area contributed by atoms with Gasteiger partial charge in [-0.15, -0.1) is 0 Å². The summed E-state index contributed by atoms with van der Waals surface area (Å²) in [5.74, 6) is -1.33. The maximum absolute atomic E-state index is 12.5. The van der Waals surface area contributed by atoms with Crippen molar-refractivity contribution in [2.75, 3.05) is 0 Å². The molecule has 3 aromatic rings. The van der Waals surface area contributed by atoms with Gasteiger partial charge in [-0.1, -0.05) is 60.3 Å². The van der Waals surface area contributed by atoms with E-state index < -0.39 is 11.2 Å². The van der Waals surface area contributed by atoms with E-state index in [9.17, 15) is 19.8 Å². The van der Waals surface area contributed by atoms with E-state index in [1.54, 1.807) is 31.2 Å². The van der Waals surface area contributed by atoms with E-state index in [-0.39, 0.29) is 17.4 Å². The normalized spacial score (nSPS) is 15.2. The predicted molar refractivity (Wildman–Crippen MR) is 117 cm³/mol. The number of hydrogen-bond acceptors (Lipinski definition) is 5. The molecule has 0 saturated carbocycles. The minimum absolute atomic E-state index is 0.159. The van der Waals surface area contributed by atoms with Gasteiger partial charge in [-0.3, -0.25) is 14.2 Å². The Bertz CT molecular complexity index is 1200. The van der Waals surface area contributed by atoms with Crippen molar-refractivity contribution in [2.45, 2.75) is 17.3 Å². The number of imidazole rings is 1. The van der Waals surface area contributed by atoms with E-state index in [1.807, 2.05) is 42.5 Å². The summed E-state index contributed by atoms with van der Waals surface area (Å²) >= 11 is 1.02. The smallest absolute Gasteiger partial charge is 0.316 e. The second-order valence-corrected chi connectivity index (χ2v) is 8.02. The second kappa shape index (κ2) is 8.04. The third-order valence-electron chi connectivity index (χ3n) is 4.70. The summed E-state index contributed by atoms with van der Waals surface area (Å²) in [5.41, 5.74) is 2.92. The molecule has 4 rings (SSSR count). The van der Waals surface area contributed by atoms with Crippen molar-refractivity contribution < 1.29 is 19.8 Å². The molecule has 2 aromatic carbocycles. The van der Waals surface area contributed by atoms with Gasteiger partial charge in [0, 0.05) is 5.57 Å². The van der Waals surface area contributed by atoms with Gasteiger partial charge in [0.15, 0.2) is 10.9 Å². The fraction of sp³-hybridized carbons (Fsp3) is 0.0870. The number of allylic oxidation sites excluding steroid dienone is 2. The first-order valence-corrected chi connectivity index (χ1v) is 10.1. The Balaban J connectivity index is 1.86. The number of carbonyl (C=O) groups excluding carboxylic acids is 1. The van der Waals surface area contributed by atoms with Gasteiger partial charge in [0.05, 0.1) is 5.69 Å². The molecule has 150 valence electrons. The number of rotatable bonds is 5. The Hall–Kier alpha value is -3.58. The second-order valence-electron chi connectivity index (χ2n) is 6.72. The number of hydrogen-bond donors (Lipinski definition) is 2. The Morgan fingerprint density at radius 2 is 1.80 bits per heavy atom. The number of carboxylic acids is 1. The fourth-order valence-electron chi connectivity index (χ4n) is 3.16. The van der Waals surface area contributed by atoms with Crippen LogP contribution in [0, 0.1) is 0 Å². The molecule has 30 heavy (non-hydrogen) atoms. The van der Waals surface area contributed by atoms with Crippen LogP contribution in [-0.2, 0) is 9.59 Å². The van der Waals surface area contributed by atoms with Crippen molar-refractivity contribution in [1.82, 2.24) is 9.55 Å². The average Bonchev–Trinajstić information content (AvgIpc) is 3.05. The summed E-state index contributed by atoms with van der Waals surface area (Å²) in [7, 11) is 0. The first kappa shape index (κ1) is 19.7. The lowest BCUT2D eigenvalue weighted by atomic mass is 9.91. The van der Waals surface area contributed by atoms with E-state index in [0.717, 1.165) is 22.9 Å². The number of nitrogens with zero attached hydrogens (tertiary/aromatic N) is 2. The third kappa shape index (κ3) is 3.67. The van der Waals surface area contributed by atoms with Gasteiger partial charge >= 0.3 is 5.97 Å². The molecule has 0 fully saturated rings. The van der Waals surface area contributed by atoms with Crippen molar-refractivity contribution in [3.63, 3.8) is 0 Å². The molecule has 0 spiro atoms. The van der Waals surface area contributed by atoms with Crippen LogP contribution in [0.4, 0.5) is 0 Å². The summed E-state index contributed by atoms with van der Waals surface area (Å²) < 4.78 is 1.49. The number of thioether (sulfide) groups is 1. The minimum Gasteiger partial charge on any atom is -0.493 e. The molecule has 1 atom stereocenters. The van der Waals surface area contributed by atoms with E-state index in [2.05, 4.69) is 4.98 Å². The maximum atomic E-state index is 12.5. The number of aliphatic carboxylic acids is 1. The molecule has 7 heteroatoms. The molecule has 1 heterocycles.